The average Bonchev–Trinajstić information content (AvgIpc) is 2.58. The number of unbranched alkanes of at least 4 members (excludes halogenated alkanes) is 5. The quantitative estimate of drug-likeness (QED) is 0.240. The van der Waals surface area contributed by atoms with Crippen molar-refractivity contribution in [2.45, 2.75) is 71.8 Å². The van der Waals surface area contributed by atoms with Crippen molar-refractivity contribution in [2.75, 3.05) is 13.2 Å². The summed E-state index contributed by atoms with van der Waals surface area (Å²) in [5, 5.41) is 20.4. The number of hydroxylamine groups is 1. The van der Waals surface area contributed by atoms with E-state index < -0.39 is 24.5 Å². The molecule has 25 heavy (non-hydrogen) atoms. The summed E-state index contributed by atoms with van der Waals surface area (Å²) in [6, 6.07) is -1.02. The molecule has 2 amide bonds. The Labute approximate surface area is 150 Å². The van der Waals surface area contributed by atoms with Crippen LogP contribution in [0.1, 0.15) is 65.7 Å². The number of quaternary nitrogens is 1. The van der Waals surface area contributed by atoms with Crippen LogP contribution in [0, 0.1) is 0 Å². The van der Waals surface area contributed by atoms with E-state index in [2.05, 4.69) is 24.7 Å². The molecular formula is C17H35N4O4+. The van der Waals surface area contributed by atoms with E-state index in [-0.39, 0.29) is 5.17 Å². The molecule has 8 heteroatoms. The Morgan fingerprint density at radius 2 is 1.84 bits per heavy atom. The van der Waals surface area contributed by atoms with Crippen molar-refractivity contribution in [1.29, 1.82) is 0 Å². The highest BCUT2D eigenvalue weighted by molar-refractivity contribution is 5.85. The first-order valence-corrected chi connectivity index (χ1v) is 9.15. The fraction of sp³-hybridized carbons (Fsp3) is 0.765. The number of amides is 2. The first kappa shape index (κ1) is 23.5. The molecule has 0 fully saturated rings. The number of rotatable bonds is 13. The lowest BCUT2D eigenvalue weighted by Crippen LogP contribution is -3.17. The number of nitrogens with one attached hydrogen (secondary N) is 3. The van der Waals surface area contributed by atoms with Crippen molar-refractivity contribution in [3.63, 3.8) is 0 Å². The summed E-state index contributed by atoms with van der Waals surface area (Å²) in [7, 11) is 0. The number of allylic oxidation sites excluding steroid dienone is 1. The molecule has 0 aliphatic heterocycles. The summed E-state index contributed by atoms with van der Waals surface area (Å²) in [5.74, 6) is -0.927. The molecule has 0 rings (SSSR count). The van der Waals surface area contributed by atoms with Gasteiger partial charge in [0.25, 0.3) is 5.91 Å². The molecule has 5 N–H and O–H groups in total. The number of carbonyl (C=O) groups excluding carboxylic acids is 2. The van der Waals surface area contributed by atoms with E-state index >= 15 is 0 Å². The van der Waals surface area contributed by atoms with Crippen LogP contribution in [-0.2, 0) is 9.59 Å². The molecule has 0 aromatic rings. The summed E-state index contributed by atoms with van der Waals surface area (Å²) < 4.78 is 0. The Morgan fingerprint density at radius 3 is 2.40 bits per heavy atom. The standard InChI is InChI=1S/C17H34N4O4/c1-4-6-8-10-12-20(18-15(3)23)17(24)16(14-22)19-21(25)13-11-9-7-5-2/h10,12,16,19,22,25H,4-9,11,13-14H2,1-3H3,(H,18,23)/p+1. The molecule has 146 valence electrons. The zero-order valence-corrected chi connectivity index (χ0v) is 15.8. The highest BCUT2D eigenvalue weighted by atomic mass is 16.5. The van der Waals surface area contributed by atoms with E-state index in [0.29, 0.717) is 6.54 Å². The SMILES string of the molecule is CCCCC=CN(NC(C)=O)C(=O)C(CO)N[NH+](O)CCCCCC. The van der Waals surface area contributed by atoms with Crippen LogP contribution in [0.3, 0.4) is 0 Å². The molecule has 0 heterocycles. The zero-order valence-electron chi connectivity index (χ0n) is 15.8. The third-order valence-electron chi connectivity index (χ3n) is 3.58. The van der Waals surface area contributed by atoms with Crippen LogP contribution in [0.15, 0.2) is 12.3 Å². The van der Waals surface area contributed by atoms with Crippen LogP contribution < -0.4 is 16.0 Å². The molecule has 0 saturated carbocycles. The van der Waals surface area contributed by atoms with Gasteiger partial charge >= 0.3 is 0 Å². The second-order valence-electron chi connectivity index (χ2n) is 6.04. The first-order valence-electron chi connectivity index (χ1n) is 9.15. The normalized spacial score (nSPS) is 13.6. The smallest absolute Gasteiger partial charge is 0.270 e. The predicted molar refractivity (Wildman–Crippen MR) is 95.1 cm³/mol. The van der Waals surface area contributed by atoms with Crippen molar-refractivity contribution in [3.8, 4) is 0 Å². The third-order valence-corrected chi connectivity index (χ3v) is 3.58. The van der Waals surface area contributed by atoms with Gasteiger partial charge in [0.05, 0.1) is 6.61 Å². The minimum atomic E-state index is -1.02. The number of hydrazine groups is 1. The number of aliphatic hydroxyl groups is 1. The fourth-order valence-electron chi connectivity index (χ4n) is 2.18. The van der Waals surface area contributed by atoms with Crippen LogP contribution in [0.5, 0.6) is 0 Å². The molecule has 0 saturated heterocycles. The van der Waals surface area contributed by atoms with Gasteiger partial charge in [-0.3, -0.25) is 15.0 Å². The van der Waals surface area contributed by atoms with E-state index in [4.69, 9.17) is 0 Å². The van der Waals surface area contributed by atoms with E-state index in [9.17, 15) is 19.9 Å². The second kappa shape index (κ2) is 14.8. The predicted octanol–water partition coefficient (Wildman–Crippen LogP) is 0.290. The minimum absolute atomic E-state index is 0.0266. The number of nitrogens with zero attached hydrogens (tertiary/aromatic N) is 1. The lowest BCUT2D eigenvalue weighted by atomic mass is 10.2. The Kier molecular flexibility index (Phi) is 14.0. The summed E-state index contributed by atoms with van der Waals surface area (Å²) in [6.07, 6.45) is 10.1. The van der Waals surface area contributed by atoms with Crippen molar-refractivity contribution in [1.82, 2.24) is 15.9 Å². The Balaban J connectivity index is 4.67. The molecule has 0 aliphatic rings. The van der Waals surface area contributed by atoms with Gasteiger partial charge in [0, 0.05) is 19.5 Å². The lowest BCUT2D eigenvalue weighted by Gasteiger charge is -2.24. The Bertz CT molecular complexity index is 404. The summed E-state index contributed by atoms with van der Waals surface area (Å²) in [4.78, 5) is 23.8. The van der Waals surface area contributed by atoms with E-state index in [1.807, 2.05) is 0 Å². The largest absolute Gasteiger partial charge is 0.394 e. The number of hydrogen-bond donors (Lipinski definition) is 5. The Morgan fingerprint density at radius 1 is 1.16 bits per heavy atom. The van der Waals surface area contributed by atoms with E-state index in [0.717, 1.165) is 50.0 Å². The molecule has 2 unspecified atom stereocenters. The Hall–Kier alpha value is -1.48. The molecule has 8 nitrogen and oxygen atoms in total. The number of carbonyl (C=O) groups is 2. The van der Waals surface area contributed by atoms with Crippen molar-refractivity contribution >= 4 is 11.8 Å². The van der Waals surface area contributed by atoms with Crippen molar-refractivity contribution in [3.05, 3.63) is 12.3 Å². The van der Waals surface area contributed by atoms with E-state index in [1.165, 1.54) is 13.1 Å². The number of aliphatic hydroxyl groups excluding tert-OH is 1. The van der Waals surface area contributed by atoms with Gasteiger partial charge in [-0.1, -0.05) is 45.6 Å². The van der Waals surface area contributed by atoms with Gasteiger partial charge in [0.2, 0.25) is 5.91 Å². The van der Waals surface area contributed by atoms with Gasteiger partial charge in [-0.15, -0.1) is 10.6 Å². The zero-order chi connectivity index (χ0) is 19.1. The van der Waals surface area contributed by atoms with Gasteiger partial charge in [-0.05, 0) is 12.8 Å². The molecule has 2 atom stereocenters. The molecule has 0 aliphatic carbocycles. The molecule has 0 aromatic carbocycles. The monoisotopic (exact) mass is 359 g/mol. The fourth-order valence-corrected chi connectivity index (χ4v) is 2.18. The lowest BCUT2D eigenvalue weighted by molar-refractivity contribution is -1.12. The molecule has 0 bridgehead atoms. The minimum Gasteiger partial charge on any atom is -0.394 e. The van der Waals surface area contributed by atoms with Crippen LogP contribution in [0.2, 0.25) is 0 Å². The summed E-state index contributed by atoms with van der Waals surface area (Å²) in [5.41, 5.74) is 5.07. The maximum absolute atomic E-state index is 12.5. The third kappa shape index (κ3) is 11.7. The highest BCUT2D eigenvalue weighted by Gasteiger charge is 2.27. The topological polar surface area (TPSA) is 106 Å². The van der Waals surface area contributed by atoms with Crippen LogP contribution in [0.25, 0.3) is 0 Å². The number of hydrogen-bond acceptors (Lipinski definition) is 5. The van der Waals surface area contributed by atoms with Crippen molar-refractivity contribution < 1.29 is 25.1 Å². The summed E-state index contributed by atoms with van der Waals surface area (Å²) >= 11 is 0. The van der Waals surface area contributed by atoms with Gasteiger partial charge in [-0.25, -0.2) is 5.01 Å². The van der Waals surface area contributed by atoms with Crippen LogP contribution in [-0.4, -0.2) is 46.3 Å². The van der Waals surface area contributed by atoms with Gasteiger partial charge in [-0.2, -0.15) is 5.21 Å². The maximum atomic E-state index is 12.5. The first-order chi connectivity index (χ1) is 12.0. The van der Waals surface area contributed by atoms with Crippen LogP contribution in [0.4, 0.5) is 0 Å². The molecular weight excluding hydrogens is 324 g/mol. The summed E-state index contributed by atoms with van der Waals surface area (Å²) in [6.45, 7) is 5.41. The van der Waals surface area contributed by atoms with Gasteiger partial charge in [0.1, 0.15) is 6.54 Å². The second-order valence-corrected chi connectivity index (χ2v) is 6.04. The van der Waals surface area contributed by atoms with E-state index in [1.54, 1.807) is 6.08 Å². The van der Waals surface area contributed by atoms with Crippen LogP contribution >= 0.6 is 0 Å². The maximum Gasteiger partial charge on any atom is 0.270 e. The average molecular weight is 359 g/mol. The van der Waals surface area contributed by atoms with Gasteiger partial charge < -0.3 is 5.11 Å². The molecule has 0 radical (unpaired) electrons. The van der Waals surface area contributed by atoms with Gasteiger partial charge in [0.15, 0.2) is 6.04 Å². The highest BCUT2D eigenvalue weighted by Crippen LogP contribution is 1.99. The molecule has 0 aromatic heterocycles. The van der Waals surface area contributed by atoms with Crippen molar-refractivity contribution in [2.24, 2.45) is 0 Å². The molecule has 0 spiro atoms.